The molecule has 0 aromatic carbocycles. The number of hydrogen-bond acceptors (Lipinski definition) is 1. The van der Waals surface area contributed by atoms with Crippen molar-refractivity contribution in [3.8, 4) is 0 Å². The van der Waals surface area contributed by atoms with Crippen LogP contribution in [0.2, 0.25) is 0 Å². The molecule has 2 rings (SSSR count). The number of aromatic amines is 1. The van der Waals surface area contributed by atoms with E-state index in [4.69, 9.17) is 9.90 Å². The highest BCUT2D eigenvalue weighted by Gasteiger charge is 2.15. The summed E-state index contributed by atoms with van der Waals surface area (Å²) < 4.78 is 0. The highest BCUT2D eigenvalue weighted by Crippen LogP contribution is 2.23. The molecule has 1 aromatic rings. The lowest BCUT2D eigenvalue weighted by Crippen LogP contribution is -1.78. The van der Waals surface area contributed by atoms with Crippen LogP contribution in [0, 0.1) is 0 Å². The zero-order chi connectivity index (χ0) is 7.56. The Hall–Kier alpha value is -1.25. The van der Waals surface area contributed by atoms with Gasteiger partial charge < -0.3 is 10.1 Å². The van der Waals surface area contributed by atoms with Gasteiger partial charge in [-0.2, -0.15) is 0 Å². The average Bonchev–Trinajstić information content (AvgIpc) is 2.40. The first-order valence-electron chi connectivity index (χ1n) is 3.05. The van der Waals surface area contributed by atoms with Gasteiger partial charge in [-0.3, -0.25) is 4.79 Å². The van der Waals surface area contributed by atoms with Gasteiger partial charge in [-0.05, 0) is 11.6 Å². The molecule has 1 aliphatic rings. The number of nitrogens with one attached hydrogen (secondary N) is 1. The van der Waals surface area contributed by atoms with Gasteiger partial charge in [-0.1, -0.05) is 0 Å². The fourth-order valence-electron chi connectivity index (χ4n) is 0.692. The van der Waals surface area contributed by atoms with Crippen molar-refractivity contribution in [2.45, 2.75) is 13.3 Å². The molecule has 0 radical (unpaired) electrons. The molecule has 10 heavy (non-hydrogen) atoms. The molecule has 3 heteroatoms. The van der Waals surface area contributed by atoms with E-state index < -0.39 is 5.97 Å². The Balaban J connectivity index is 0.000000112. The number of H-pyrrole nitrogens is 1. The highest BCUT2D eigenvalue weighted by molar-refractivity contribution is 5.62. The molecule has 54 valence electrons. The standard InChI is InChI=1S/C5H5N.C2H4O2/c1-2-6-5-3-4(1)5;1-2(3)4/h1-2,6H,3H2;1H3,(H,3,4). The van der Waals surface area contributed by atoms with Crippen molar-refractivity contribution in [3.05, 3.63) is 23.5 Å². The minimum atomic E-state index is -0.833. The second-order valence-electron chi connectivity index (χ2n) is 2.18. The SMILES string of the molecule is CC(=O)O.c1cc2c([nH]1)C2. The molecule has 1 heterocycles. The summed E-state index contributed by atoms with van der Waals surface area (Å²) in [6.07, 6.45) is 3.20. The van der Waals surface area contributed by atoms with Crippen molar-refractivity contribution in [1.82, 2.24) is 4.98 Å². The molecule has 1 aromatic heterocycles. The van der Waals surface area contributed by atoms with Gasteiger partial charge in [0.25, 0.3) is 5.97 Å². The molecule has 0 unspecified atom stereocenters. The molecule has 1 aliphatic carbocycles. The largest absolute Gasteiger partial charge is 0.481 e. The Morgan fingerprint density at radius 2 is 2.40 bits per heavy atom. The first kappa shape index (κ1) is 6.86. The molecule has 0 spiro atoms. The molecule has 0 aliphatic heterocycles. The van der Waals surface area contributed by atoms with Crippen molar-refractivity contribution in [1.29, 1.82) is 0 Å². The van der Waals surface area contributed by atoms with Crippen molar-refractivity contribution in [2.24, 2.45) is 0 Å². The van der Waals surface area contributed by atoms with Crippen LogP contribution in [0.25, 0.3) is 0 Å². The van der Waals surface area contributed by atoms with Crippen LogP contribution in [0.3, 0.4) is 0 Å². The second kappa shape index (κ2) is 2.56. The molecular formula is C7H9NO2. The number of aromatic nitrogens is 1. The summed E-state index contributed by atoms with van der Waals surface area (Å²) >= 11 is 0. The summed E-state index contributed by atoms with van der Waals surface area (Å²) in [6.45, 7) is 1.08. The number of carboxylic acids is 1. The van der Waals surface area contributed by atoms with E-state index in [1.54, 1.807) is 0 Å². The van der Waals surface area contributed by atoms with Gasteiger partial charge in [0, 0.05) is 25.2 Å². The fraction of sp³-hybridized carbons (Fsp3) is 0.286. The molecule has 0 fully saturated rings. The minimum Gasteiger partial charge on any atom is -0.481 e. The van der Waals surface area contributed by atoms with Crippen LogP contribution in [0.15, 0.2) is 12.3 Å². The van der Waals surface area contributed by atoms with E-state index in [9.17, 15) is 0 Å². The van der Waals surface area contributed by atoms with E-state index in [0.29, 0.717) is 0 Å². The van der Waals surface area contributed by atoms with Crippen LogP contribution >= 0.6 is 0 Å². The lowest BCUT2D eigenvalue weighted by molar-refractivity contribution is -0.134. The molecule has 2 N–H and O–H groups in total. The monoisotopic (exact) mass is 139 g/mol. The zero-order valence-electron chi connectivity index (χ0n) is 5.72. The summed E-state index contributed by atoms with van der Waals surface area (Å²) in [6, 6.07) is 2.12. The molecule has 0 saturated heterocycles. The van der Waals surface area contributed by atoms with Gasteiger partial charge in [-0.25, -0.2) is 0 Å². The van der Waals surface area contributed by atoms with Gasteiger partial charge in [0.2, 0.25) is 0 Å². The van der Waals surface area contributed by atoms with Crippen LogP contribution in [0.4, 0.5) is 0 Å². The van der Waals surface area contributed by atoms with Gasteiger partial charge in [0.15, 0.2) is 0 Å². The van der Waals surface area contributed by atoms with E-state index in [1.807, 2.05) is 6.20 Å². The van der Waals surface area contributed by atoms with E-state index in [0.717, 1.165) is 6.92 Å². The van der Waals surface area contributed by atoms with E-state index in [1.165, 1.54) is 17.7 Å². The lowest BCUT2D eigenvalue weighted by Gasteiger charge is -1.62. The summed E-state index contributed by atoms with van der Waals surface area (Å²) in [5.41, 5.74) is 2.92. The Morgan fingerprint density at radius 1 is 1.80 bits per heavy atom. The van der Waals surface area contributed by atoms with E-state index in [2.05, 4.69) is 11.1 Å². The third-order valence-electron chi connectivity index (χ3n) is 1.17. The lowest BCUT2D eigenvalue weighted by atomic mass is 10.6. The smallest absolute Gasteiger partial charge is 0.300 e. The summed E-state index contributed by atoms with van der Waals surface area (Å²) in [7, 11) is 0. The molecule has 0 amide bonds. The maximum Gasteiger partial charge on any atom is 0.300 e. The van der Waals surface area contributed by atoms with Gasteiger partial charge in [0.05, 0.1) is 0 Å². The predicted molar refractivity (Wildman–Crippen MR) is 36.9 cm³/mol. The average molecular weight is 139 g/mol. The summed E-state index contributed by atoms with van der Waals surface area (Å²) in [4.78, 5) is 12.1. The number of aliphatic carboxylic acids is 1. The summed E-state index contributed by atoms with van der Waals surface area (Å²) in [5.74, 6) is -0.833. The number of carboxylic acid groups (broad SMARTS) is 1. The number of rotatable bonds is 0. The van der Waals surface area contributed by atoms with Gasteiger partial charge >= 0.3 is 0 Å². The maximum atomic E-state index is 9.00. The van der Waals surface area contributed by atoms with Crippen LogP contribution in [-0.2, 0) is 11.2 Å². The zero-order valence-corrected chi connectivity index (χ0v) is 5.72. The van der Waals surface area contributed by atoms with Crippen molar-refractivity contribution < 1.29 is 9.90 Å². The third kappa shape index (κ3) is 1.93. The maximum absolute atomic E-state index is 9.00. The van der Waals surface area contributed by atoms with Crippen LogP contribution < -0.4 is 0 Å². The first-order chi connectivity index (χ1) is 4.70. The number of carbonyl (C=O) groups is 1. The Bertz CT molecular complexity index is 219. The van der Waals surface area contributed by atoms with Crippen molar-refractivity contribution in [2.75, 3.05) is 0 Å². The van der Waals surface area contributed by atoms with Crippen LogP contribution in [0.5, 0.6) is 0 Å². The van der Waals surface area contributed by atoms with E-state index in [-0.39, 0.29) is 0 Å². The van der Waals surface area contributed by atoms with E-state index >= 15 is 0 Å². The minimum absolute atomic E-state index is 0.833. The fourth-order valence-corrected chi connectivity index (χ4v) is 0.692. The number of hydrogen-bond donors (Lipinski definition) is 2. The highest BCUT2D eigenvalue weighted by atomic mass is 16.4. The van der Waals surface area contributed by atoms with Crippen molar-refractivity contribution in [3.63, 3.8) is 0 Å². The first-order valence-corrected chi connectivity index (χ1v) is 3.05. The van der Waals surface area contributed by atoms with Crippen molar-refractivity contribution >= 4 is 5.97 Å². The molecule has 0 bridgehead atoms. The molecule has 0 atom stereocenters. The normalized spacial score (nSPS) is 10.9. The number of fused-ring (bicyclic) bond motifs is 1. The Labute approximate surface area is 58.7 Å². The molecule has 3 nitrogen and oxygen atoms in total. The Morgan fingerprint density at radius 3 is 2.50 bits per heavy atom. The molecular weight excluding hydrogens is 130 g/mol. The second-order valence-corrected chi connectivity index (χ2v) is 2.18. The van der Waals surface area contributed by atoms with Gasteiger partial charge in [-0.15, -0.1) is 0 Å². The summed E-state index contributed by atoms with van der Waals surface area (Å²) in [5, 5.41) is 7.42. The Kier molecular flexibility index (Phi) is 1.76. The topological polar surface area (TPSA) is 53.1 Å². The molecule has 0 saturated carbocycles. The predicted octanol–water partition coefficient (Wildman–Crippen LogP) is 1.01. The van der Waals surface area contributed by atoms with Crippen LogP contribution in [0.1, 0.15) is 18.2 Å². The van der Waals surface area contributed by atoms with Crippen LogP contribution in [-0.4, -0.2) is 16.1 Å². The third-order valence-corrected chi connectivity index (χ3v) is 1.17. The quantitative estimate of drug-likeness (QED) is 0.572. The van der Waals surface area contributed by atoms with Gasteiger partial charge in [0.1, 0.15) is 0 Å².